The predicted molar refractivity (Wildman–Crippen MR) is 96.3 cm³/mol. The second kappa shape index (κ2) is 7.21. The fourth-order valence-electron chi connectivity index (χ4n) is 2.22. The summed E-state index contributed by atoms with van der Waals surface area (Å²) in [4.78, 5) is 29.8. The summed E-state index contributed by atoms with van der Waals surface area (Å²) in [6, 6.07) is 10.1. The number of hydrogen-bond acceptors (Lipinski definition) is 7. The van der Waals surface area contributed by atoms with Crippen LogP contribution in [0.2, 0.25) is 0 Å². The van der Waals surface area contributed by atoms with Gasteiger partial charge in [0.05, 0.1) is 10.4 Å². The van der Waals surface area contributed by atoms with Gasteiger partial charge >= 0.3 is 5.97 Å². The van der Waals surface area contributed by atoms with Gasteiger partial charge in [0.15, 0.2) is 12.4 Å². The van der Waals surface area contributed by atoms with Gasteiger partial charge in [-0.3, -0.25) is 4.79 Å². The molecule has 2 aromatic heterocycles. The monoisotopic (exact) mass is 370 g/mol. The number of nitrogens with zero attached hydrogens (tertiary/aromatic N) is 2. The van der Waals surface area contributed by atoms with E-state index in [4.69, 9.17) is 9.26 Å². The number of thiophene rings is 1. The van der Waals surface area contributed by atoms with Crippen LogP contribution in [0.15, 0.2) is 46.3 Å². The minimum absolute atomic E-state index is 0.149. The summed E-state index contributed by atoms with van der Waals surface area (Å²) in [7, 11) is 0. The summed E-state index contributed by atoms with van der Waals surface area (Å²) in [6.45, 7) is 5.73. The number of carbonyl (C=O) groups is 2. The second-order valence-electron chi connectivity index (χ2n) is 6.69. The lowest BCUT2D eigenvalue weighted by molar-refractivity contribution is 0.0427. The Morgan fingerprint density at radius 2 is 1.85 bits per heavy atom. The molecule has 2 heterocycles. The molecule has 3 rings (SSSR count). The molecule has 0 atom stereocenters. The largest absolute Gasteiger partial charge is 0.452 e. The van der Waals surface area contributed by atoms with Crippen LogP contribution >= 0.6 is 11.3 Å². The second-order valence-corrected chi connectivity index (χ2v) is 7.64. The molecule has 0 bridgehead atoms. The first-order valence-corrected chi connectivity index (χ1v) is 8.91. The third-order valence-corrected chi connectivity index (χ3v) is 4.47. The van der Waals surface area contributed by atoms with Crippen molar-refractivity contribution in [2.24, 2.45) is 0 Å². The van der Waals surface area contributed by atoms with Crippen molar-refractivity contribution in [2.45, 2.75) is 32.8 Å². The van der Waals surface area contributed by atoms with Gasteiger partial charge in [0.1, 0.15) is 0 Å². The van der Waals surface area contributed by atoms with Gasteiger partial charge in [0.25, 0.3) is 5.89 Å². The third-order valence-electron chi connectivity index (χ3n) is 3.60. The fraction of sp³-hybridized carbons (Fsp3) is 0.263. The van der Waals surface area contributed by atoms with E-state index in [0.29, 0.717) is 16.3 Å². The maximum absolute atomic E-state index is 12.6. The molecule has 134 valence electrons. The van der Waals surface area contributed by atoms with Gasteiger partial charge in [-0.2, -0.15) is 4.98 Å². The zero-order valence-corrected chi connectivity index (χ0v) is 15.5. The van der Waals surface area contributed by atoms with E-state index in [1.165, 1.54) is 11.3 Å². The quantitative estimate of drug-likeness (QED) is 0.498. The molecule has 0 saturated carbocycles. The summed E-state index contributed by atoms with van der Waals surface area (Å²) in [5.41, 5.74) is 0.258. The molecule has 0 aliphatic rings. The molecule has 1 aromatic carbocycles. The number of benzene rings is 1. The van der Waals surface area contributed by atoms with Gasteiger partial charge in [-0.05, 0) is 17.5 Å². The molecule has 26 heavy (non-hydrogen) atoms. The summed E-state index contributed by atoms with van der Waals surface area (Å²) < 4.78 is 10.4. The molecule has 0 N–H and O–H groups in total. The molecule has 0 unspecified atom stereocenters. The highest BCUT2D eigenvalue weighted by atomic mass is 32.1. The minimum Gasteiger partial charge on any atom is -0.452 e. The molecular weight excluding hydrogens is 352 g/mol. The number of hydrogen-bond donors (Lipinski definition) is 0. The molecule has 0 spiro atoms. The van der Waals surface area contributed by atoms with Crippen molar-refractivity contribution in [1.82, 2.24) is 10.1 Å². The zero-order valence-electron chi connectivity index (χ0n) is 14.7. The summed E-state index contributed by atoms with van der Waals surface area (Å²) in [5, 5.41) is 5.70. The van der Waals surface area contributed by atoms with Crippen LogP contribution in [-0.2, 0) is 16.8 Å². The summed E-state index contributed by atoms with van der Waals surface area (Å²) >= 11 is 1.33. The van der Waals surface area contributed by atoms with Crippen molar-refractivity contribution in [3.63, 3.8) is 0 Å². The zero-order chi connectivity index (χ0) is 18.7. The van der Waals surface area contributed by atoms with Crippen molar-refractivity contribution in [1.29, 1.82) is 0 Å². The molecule has 0 radical (unpaired) electrons. The SMILES string of the molecule is CC(C)(C)c1noc(COC(=O)c2ccccc2C(=O)c2cccs2)n1. The standard InChI is InChI=1S/C19H18N2O4S/c1-19(2,3)18-20-15(25-21-18)11-24-17(23)13-8-5-4-7-12(13)16(22)14-9-6-10-26-14/h4-10H,11H2,1-3H3. The minimum atomic E-state index is -0.610. The van der Waals surface area contributed by atoms with Gasteiger partial charge in [-0.15, -0.1) is 11.3 Å². The highest BCUT2D eigenvalue weighted by Gasteiger charge is 2.23. The Balaban J connectivity index is 1.75. The fourth-order valence-corrected chi connectivity index (χ4v) is 2.90. The Morgan fingerprint density at radius 3 is 2.46 bits per heavy atom. The molecular formula is C19H18N2O4S. The van der Waals surface area contributed by atoms with Crippen LogP contribution in [0.3, 0.4) is 0 Å². The van der Waals surface area contributed by atoms with Gasteiger partial charge in [0, 0.05) is 11.0 Å². The van der Waals surface area contributed by atoms with Crippen LogP contribution in [0.5, 0.6) is 0 Å². The van der Waals surface area contributed by atoms with Crippen molar-refractivity contribution in [2.75, 3.05) is 0 Å². The van der Waals surface area contributed by atoms with E-state index in [1.807, 2.05) is 26.2 Å². The lowest BCUT2D eigenvalue weighted by Crippen LogP contribution is -2.14. The predicted octanol–water partition coefficient (Wildman–Crippen LogP) is 4.02. The number of rotatable bonds is 5. The lowest BCUT2D eigenvalue weighted by Gasteiger charge is -2.10. The van der Waals surface area contributed by atoms with Crippen molar-refractivity contribution < 1.29 is 18.8 Å². The summed E-state index contributed by atoms with van der Waals surface area (Å²) in [5.74, 6) is -0.0662. The smallest absolute Gasteiger partial charge is 0.339 e. The Kier molecular flexibility index (Phi) is 4.99. The van der Waals surface area contributed by atoms with Gasteiger partial charge < -0.3 is 9.26 Å². The molecule has 0 aliphatic carbocycles. The van der Waals surface area contributed by atoms with Crippen LogP contribution < -0.4 is 0 Å². The molecule has 0 aliphatic heterocycles. The number of carbonyl (C=O) groups excluding carboxylic acids is 2. The number of esters is 1. The maximum atomic E-state index is 12.6. The van der Waals surface area contributed by atoms with E-state index < -0.39 is 5.97 Å². The Hall–Kier alpha value is -2.80. The average molecular weight is 370 g/mol. The molecule has 0 fully saturated rings. The molecule has 0 saturated heterocycles. The number of ether oxygens (including phenoxy) is 1. The van der Waals surface area contributed by atoms with E-state index in [0.717, 1.165) is 0 Å². The van der Waals surface area contributed by atoms with E-state index in [-0.39, 0.29) is 29.3 Å². The first-order valence-electron chi connectivity index (χ1n) is 8.03. The van der Waals surface area contributed by atoms with Crippen LogP contribution in [0.25, 0.3) is 0 Å². The molecule has 3 aromatic rings. The lowest BCUT2D eigenvalue weighted by atomic mass is 9.96. The Bertz CT molecular complexity index is 923. The first kappa shape index (κ1) is 18.0. The first-order chi connectivity index (χ1) is 12.4. The van der Waals surface area contributed by atoms with Crippen LogP contribution in [0.1, 0.15) is 58.1 Å². The average Bonchev–Trinajstić information content (AvgIpc) is 3.30. The molecule has 0 amide bonds. The van der Waals surface area contributed by atoms with E-state index in [9.17, 15) is 9.59 Å². The van der Waals surface area contributed by atoms with E-state index in [1.54, 1.807) is 36.4 Å². The Labute approximate surface area is 154 Å². The maximum Gasteiger partial charge on any atom is 0.339 e. The summed E-state index contributed by atoms with van der Waals surface area (Å²) in [6.07, 6.45) is 0. The van der Waals surface area contributed by atoms with Crippen molar-refractivity contribution in [3.05, 3.63) is 69.5 Å². The Morgan fingerprint density at radius 1 is 1.12 bits per heavy atom. The van der Waals surface area contributed by atoms with E-state index >= 15 is 0 Å². The van der Waals surface area contributed by atoms with Crippen molar-refractivity contribution in [3.8, 4) is 0 Å². The van der Waals surface area contributed by atoms with E-state index in [2.05, 4.69) is 10.1 Å². The highest BCUT2D eigenvalue weighted by molar-refractivity contribution is 7.12. The third kappa shape index (κ3) is 3.88. The topological polar surface area (TPSA) is 82.3 Å². The van der Waals surface area contributed by atoms with Crippen LogP contribution in [0, 0.1) is 0 Å². The highest BCUT2D eigenvalue weighted by Crippen LogP contribution is 2.21. The van der Waals surface area contributed by atoms with Crippen molar-refractivity contribution >= 4 is 23.1 Å². The van der Waals surface area contributed by atoms with Gasteiger partial charge in [-0.1, -0.05) is 50.2 Å². The van der Waals surface area contributed by atoms with Crippen LogP contribution in [0.4, 0.5) is 0 Å². The molecule has 7 heteroatoms. The van der Waals surface area contributed by atoms with Crippen LogP contribution in [-0.4, -0.2) is 21.9 Å². The normalized spacial score (nSPS) is 11.3. The number of ketones is 1. The van der Waals surface area contributed by atoms with Gasteiger partial charge in [-0.25, -0.2) is 4.79 Å². The van der Waals surface area contributed by atoms with Gasteiger partial charge in [0.2, 0.25) is 5.78 Å². The number of aromatic nitrogens is 2. The molecule has 6 nitrogen and oxygen atoms in total.